The molecule has 0 spiro atoms. The van der Waals surface area contributed by atoms with Gasteiger partial charge in [-0.3, -0.25) is 9.58 Å². The maximum atomic E-state index is 6.08. The van der Waals surface area contributed by atoms with Crippen LogP contribution in [0.1, 0.15) is 25.0 Å². The van der Waals surface area contributed by atoms with Gasteiger partial charge in [-0.25, -0.2) is 0 Å². The zero-order valence-electron chi connectivity index (χ0n) is 13.0. The number of hydrogen-bond donors (Lipinski definition) is 0. The Balaban J connectivity index is 1.62. The molecule has 0 radical (unpaired) electrons. The number of hydrogen-bond acceptors (Lipinski definition) is 3. The van der Waals surface area contributed by atoms with E-state index in [1.54, 1.807) is 0 Å². The van der Waals surface area contributed by atoms with E-state index in [1.165, 1.54) is 32.4 Å². The third-order valence-corrected chi connectivity index (χ3v) is 4.48. The van der Waals surface area contributed by atoms with Gasteiger partial charge in [0.05, 0.1) is 12.1 Å². The van der Waals surface area contributed by atoms with Crippen LogP contribution in [0.2, 0.25) is 0 Å². The van der Waals surface area contributed by atoms with Gasteiger partial charge in [0, 0.05) is 12.4 Å². The molecule has 4 heteroatoms. The fourth-order valence-corrected chi connectivity index (χ4v) is 3.32. The second-order valence-electron chi connectivity index (χ2n) is 6.09. The van der Waals surface area contributed by atoms with Gasteiger partial charge in [-0.1, -0.05) is 24.6 Å². The van der Waals surface area contributed by atoms with Crippen LogP contribution < -0.4 is 0 Å². The van der Waals surface area contributed by atoms with Crippen molar-refractivity contribution in [3.05, 3.63) is 42.2 Å². The van der Waals surface area contributed by atoms with Crippen LogP contribution in [0.4, 0.5) is 0 Å². The molecule has 0 N–H and O–H groups in total. The summed E-state index contributed by atoms with van der Waals surface area (Å²) < 4.78 is 7.99. The highest BCUT2D eigenvalue weighted by atomic mass is 16.3. The minimum atomic E-state index is 0.865. The molecule has 22 heavy (non-hydrogen) atoms. The van der Waals surface area contributed by atoms with E-state index in [9.17, 15) is 0 Å². The number of piperidine rings is 1. The number of likely N-dealkylation sites (tertiary alicyclic amines) is 1. The van der Waals surface area contributed by atoms with Gasteiger partial charge in [-0.05, 0) is 44.1 Å². The Morgan fingerprint density at radius 1 is 1.05 bits per heavy atom. The SMILES string of the molecule is Cn1nc(-c2ccc(CN3CCCCC3)o2)c2ccccc21. The van der Waals surface area contributed by atoms with Gasteiger partial charge in [0.15, 0.2) is 5.76 Å². The van der Waals surface area contributed by atoms with E-state index in [1.807, 2.05) is 29.9 Å². The van der Waals surface area contributed by atoms with E-state index < -0.39 is 0 Å². The third kappa shape index (κ3) is 2.44. The van der Waals surface area contributed by atoms with Gasteiger partial charge >= 0.3 is 0 Å². The van der Waals surface area contributed by atoms with Crippen LogP contribution in [-0.2, 0) is 13.6 Å². The van der Waals surface area contributed by atoms with Gasteiger partial charge in [-0.15, -0.1) is 0 Å². The lowest BCUT2D eigenvalue weighted by molar-refractivity contribution is 0.206. The van der Waals surface area contributed by atoms with E-state index >= 15 is 0 Å². The summed E-state index contributed by atoms with van der Waals surface area (Å²) in [5, 5.41) is 5.77. The largest absolute Gasteiger partial charge is 0.458 e. The van der Waals surface area contributed by atoms with E-state index in [-0.39, 0.29) is 0 Å². The molecular weight excluding hydrogens is 274 g/mol. The summed E-state index contributed by atoms with van der Waals surface area (Å²) in [6.07, 6.45) is 3.97. The fraction of sp³-hybridized carbons (Fsp3) is 0.389. The van der Waals surface area contributed by atoms with Crippen LogP contribution in [0.15, 0.2) is 40.8 Å². The summed E-state index contributed by atoms with van der Waals surface area (Å²) in [6, 6.07) is 12.4. The average molecular weight is 295 g/mol. The Kier molecular flexibility index (Phi) is 3.47. The zero-order valence-corrected chi connectivity index (χ0v) is 13.0. The highest BCUT2D eigenvalue weighted by Gasteiger charge is 2.16. The molecule has 1 fully saturated rings. The fourth-order valence-electron chi connectivity index (χ4n) is 3.32. The van der Waals surface area contributed by atoms with Gasteiger partial charge in [0.2, 0.25) is 0 Å². The molecule has 1 aliphatic rings. The molecule has 3 aromatic rings. The first kappa shape index (κ1) is 13.6. The van der Waals surface area contributed by atoms with E-state index in [4.69, 9.17) is 4.42 Å². The second-order valence-corrected chi connectivity index (χ2v) is 6.09. The molecule has 0 unspecified atom stereocenters. The van der Waals surface area contributed by atoms with Crippen molar-refractivity contribution in [2.45, 2.75) is 25.8 Å². The number of rotatable bonds is 3. The molecule has 0 saturated carbocycles. The molecule has 0 aliphatic carbocycles. The first-order valence-corrected chi connectivity index (χ1v) is 8.04. The van der Waals surface area contributed by atoms with E-state index in [2.05, 4.69) is 28.2 Å². The molecule has 0 amide bonds. The molecule has 0 atom stereocenters. The van der Waals surface area contributed by atoms with E-state index in [0.29, 0.717) is 0 Å². The molecule has 4 rings (SSSR count). The van der Waals surface area contributed by atoms with Crippen LogP contribution in [-0.4, -0.2) is 27.8 Å². The lowest BCUT2D eigenvalue weighted by atomic mass is 10.1. The molecule has 1 aromatic carbocycles. The van der Waals surface area contributed by atoms with Crippen LogP contribution in [0.3, 0.4) is 0 Å². The molecular formula is C18H21N3O. The van der Waals surface area contributed by atoms with Crippen molar-refractivity contribution in [2.24, 2.45) is 7.05 Å². The van der Waals surface area contributed by atoms with Gasteiger partial charge in [0.25, 0.3) is 0 Å². The Morgan fingerprint density at radius 3 is 2.73 bits per heavy atom. The van der Waals surface area contributed by atoms with Crippen molar-refractivity contribution in [1.29, 1.82) is 0 Å². The summed E-state index contributed by atoms with van der Waals surface area (Å²) in [6.45, 7) is 3.27. The molecule has 0 bridgehead atoms. The average Bonchev–Trinajstić information content (AvgIpc) is 3.14. The smallest absolute Gasteiger partial charge is 0.155 e. The molecule has 114 valence electrons. The van der Waals surface area contributed by atoms with Crippen molar-refractivity contribution in [1.82, 2.24) is 14.7 Å². The first-order valence-electron chi connectivity index (χ1n) is 8.04. The highest BCUT2D eigenvalue weighted by Crippen LogP contribution is 2.29. The number of para-hydroxylation sites is 1. The van der Waals surface area contributed by atoms with Gasteiger partial charge < -0.3 is 4.42 Å². The number of nitrogens with zero attached hydrogens (tertiary/aromatic N) is 3. The molecule has 4 nitrogen and oxygen atoms in total. The molecule has 3 heterocycles. The van der Waals surface area contributed by atoms with Crippen molar-refractivity contribution in [2.75, 3.05) is 13.1 Å². The minimum absolute atomic E-state index is 0.865. The summed E-state index contributed by atoms with van der Waals surface area (Å²) >= 11 is 0. The number of benzene rings is 1. The quantitative estimate of drug-likeness (QED) is 0.736. The number of aromatic nitrogens is 2. The van der Waals surface area contributed by atoms with Crippen molar-refractivity contribution < 1.29 is 4.42 Å². The topological polar surface area (TPSA) is 34.2 Å². The minimum Gasteiger partial charge on any atom is -0.458 e. The molecule has 1 saturated heterocycles. The Morgan fingerprint density at radius 2 is 1.86 bits per heavy atom. The monoisotopic (exact) mass is 295 g/mol. The maximum Gasteiger partial charge on any atom is 0.155 e. The van der Waals surface area contributed by atoms with Gasteiger partial charge in [-0.2, -0.15) is 5.10 Å². The standard InChI is InChI=1S/C18H21N3O/c1-20-16-8-4-3-7-15(16)18(19-20)17-10-9-14(22-17)13-21-11-5-2-6-12-21/h3-4,7-10H,2,5-6,11-13H2,1H3. The zero-order chi connectivity index (χ0) is 14.9. The predicted molar refractivity (Wildman–Crippen MR) is 87.5 cm³/mol. The lowest BCUT2D eigenvalue weighted by Crippen LogP contribution is -2.28. The van der Waals surface area contributed by atoms with Crippen molar-refractivity contribution >= 4 is 10.9 Å². The van der Waals surface area contributed by atoms with Crippen molar-refractivity contribution in [3.8, 4) is 11.5 Å². The number of fused-ring (bicyclic) bond motifs is 1. The predicted octanol–water partition coefficient (Wildman–Crippen LogP) is 3.82. The summed E-state index contributed by atoms with van der Waals surface area (Å²) in [4.78, 5) is 2.47. The molecule has 1 aliphatic heterocycles. The van der Waals surface area contributed by atoms with Crippen LogP contribution in [0.25, 0.3) is 22.4 Å². The molecule has 2 aromatic heterocycles. The van der Waals surface area contributed by atoms with E-state index in [0.717, 1.165) is 34.7 Å². The highest BCUT2D eigenvalue weighted by molar-refractivity contribution is 5.91. The first-order chi connectivity index (χ1) is 10.8. The third-order valence-electron chi connectivity index (χ3n) is 4.48. The maximum absolute atomic E-state index is 6.08. The summed E-state index contributed by atoms with van der Waals surface area (Å²) in [5.74, 6) is 1.90. The van der Waals surface area contributed by atoms with Crippen molar-refractivity contribution in [3.63, 3.8) is 0 Å². The number of furan rings is 1. The lowest BCUT2D eigenvalue weighted by Gasteiger charge is -2.25. The summed E-state index contributed by atoms with van der Waals surface area (Å²) in [7, 11) is 1.98. The Bertz CT molecular complexity index is 781. The Labute approximate surface area is 130 Å². The van der Waals surface area contributed by atoms with Crippen LogP contribution >= 0.6 is 0 Å². The summed E-state index contributed by atoms with van der Waals surface area (Å²) in [5.41, 5.74) is 2.06. The van der Waals surface area contributed by atoms with Crippen LogP contribution in [0, 0.1) is 0 Å². The van der Waals surface area contributed by atoms with Gasteiger partial charge in [0.1, 0.15) is 11.5 Å². The number of aryl methyl sites for hydroxylation is 1. The Hall–Kier alpha value is -2.07. The normalized spacial score (nSPS) is 16.4. The second kappa shape index (κ2) is 5.61. The van der Waals surface area contributed by atoms with Crippen LogP contribution in [0.5, 0.6) is 0 Å².